The van der Waals surface area contributed by atoms with Crippen molar-refractivity contribution in [3.63, 3.8) is 0 Å². The zero-order valence-electron chi connectivity index (χ0n) is 10.2. The van der Waals surface area contributed by atoms with Crippen molar-refractivity contribution in [3.05, 3.63) is 71.0 Å². The Morgan fingerprint density at radius 2 is 1.55 bits per heavy atom. The maximum atomic E-state index is 13.4. The number of carbonyl (C=O) groups excluding carboxylic acids is 1. The molecule has 20 heavy (non-hydrogen) atoms. The van der Waals surface area contributed by atoms with Gasteiger partial charge >= 0.3 is 6.18 Å². The Hall–Kier alpha value is -2.17. The minimum absolute atomic E-state index is 0.0626. The zero-order chi connectivity index (χ0) is 14.8. The van der Waals surface area contributed by atoms with Gasteiger partial charge in [-0.25, -0.2) is 4.39 Å². The van der Waals surface area contributed by atoms with Crippen LogP contribution in [-0.2, 0) is 12.6 Å². The van der Waals surface area contributed by atoms with Gasteiger partial charge in [-0.15, -0.1) is 0 Å². The van der Waals surface area contributed by atoms with Crippen LogP contribution < -0.4 is 0 Å². The third-order valence-corrected chi connectivity index (χ3v) is 2.82. The molecule has 0 saturated heterocycles. The van der Waals surface area contributed by atoms with Crippen molar-refractivity contribution < 1.29 is 22.4 Å². The molecule has 104 valence electrons. The summed E-state index contributed by atoms with van der Waals surface area (Å²) in [5, 5.41) is 0. The van der Waals surface area contributed by atoms with Crippen LogP contribution in [0, 0.1) is 5.82 Å². The number of benzene rings is 2. The van der Waals surface area contributed by atoms with E-state index in [9.17, 15) is 22.4 Å². The molecule has 0 fully saturated rings. The van der Waals surface area contributed by atoms with Crippen LogP contribution in [0.5, 0.6) is 0 Å². The minimum atomic E-state index is -4.41. The third kappa shape index (κ3) is 3.23. The van der Waals surface area contributed by atoms with Crippen molar-refractivity contribution in [2.24, 2.45) is 0 Å². The Morgan fingerprint density at radius 3 is 2.10 bits per heavy atom. The fraction of sp³-hybridized carbons (Fsp3) is 0.133. The number of halogens is 4. The van der Waals surface area contributed by atoms with E-state index < -0.39 is 23.3 Å². The largest absolute Gasteiger partial charge is 0.416 e. The summed E-state index contributed by atoms with van der Waals surface area (Å²) in [6, 6.07) is 9.77. The molecule has 0 atom stereocenters. The van der Waals surface area contributed by atoms with Gasteiger partial charge in [-0.05, 0) is 29.8 Å². The van der Waals surface area contributed by atoms with Gasteiger partial charge < -0.3 is 0 Å². The first-order chi connectivity index (χ1) is 9.38. The summed E-state index contributed by atoms with van der Waals surface area (Å²) in [6.45, 7) is 0. The summed E-state index contributed by atoms with van der Waals surface area (Å²) in [6.07, 6.45) is -4.55. The molecule has 2 aromatic carbocycles. The Kier molecular flexibility index (Phi) is 3.88. The van der Waals surface area contributed by atoms with Gasteiger partial charge in [0.1, 0.15) is 5.82 Å². The van der Waals surface area contributed by atoms with E-state index in [-0.39, 0.29) is 12.0 Å². The summed E-state index contributed by atoms with van der Waals surface area (Å²) in [5.74, 6) is -1.10. The third-order valence-electron chi connectivity index (χ3n) is 2.82. The highest BCUT2D eigenvalue weighted by Gasteiger charge is 2.30. The van der Waals surface area contributed by atoms with E-state index in [2.05, 4.69) is 0 Å². The van der Waals surface area contributed by atoms with Gasteiger partial charge in [0.15, 0.2) is 5.78 Å². The van der Waals surface area contributed by atoms with Gasteiger partial charge in [-0.3, -0.25) is 4.79 Å². The topological polar surface area (TPSA) is 17.1 Å². The predicted molar refractivity (Wildman–Crippen MR) is 65.9 cm³/mol. The van der Waals surface area contributed by atoms with Crippen LogP contribution in [-0.4, -0.2) is 5.78 Å². The Bertz CT molecular complexity index is 615. The van der Waals surface area contributed by atoms with Crippen molar-refractivity contribution in [1.29, 1.82) is 0 Å². The van der Waals surface area contributed by atoms with E-state index in [1.165, 1.54) is 36.4 Å². The molecule has 5 heteroatoms. The molecule has 0 unspecified atom stereocenters. The number of alkyl halides is 3. The smallest absolute Gasteiger partial charge is 0.294 e. The van der Waals surface area contributed by atoms with Gasteiger partial charge in [-0.2, -0.15) is 13.2 Å². The number of carbonyl (C=O) groups is 1. The van der Waals surface area contributed by atoms with Crippen molar-refractivity contribution in [2.75, 3.05) is 0 Å². The maximum Gasteiger partial charge on any atom is 0.416 e. The van der Waals surface area contributed by atoms with Gasteiger partial charge in [0.25, 0.3) is 0 Å². The summed E-state index contributed by atoms with van der Waals surface area (Å²) >= 11 is 0. The van der Waals surface area contributed by atoms with Crippen LogP contribution in [0.3, 0.4) is 0 Å². The van der Waals surface area contributed by atoms with E-state index >= 15 is 0 Å². The fourth-order valence-electron chi connectivity index (χ4n) is 1.78. The molecule has 0 aliphatic heterocycles. The molecule has 2 aromatic rings. The molecule has 0 aliphatic rings. The monoisotopic (exact) mass is 282 g/mol. The average molecular weight is 282 g/mol. The standard InChI is InChI=1S/C15H10F4O/c16-13-4-2-1-3-12(13)14(20)9-10-5-7-11(8-6-10)15(17,18)19/h1-8H,9H2. The molecule has 0 radical (unpaired) electrons. The van der Waals surface area contributed by atoms with E-state index in [1.807, 2.05) is 0 Å². The summed E-state index contributed by atoms with van der Waals surface area (Å²) in [7, 11) is 0. The van der Waals surface area contributed by atoms with Crippen LogP contribution in [0.4, 0.5) is 17.6 Å². The quantitative estimate of drug-likeness (QED) is 0.607. The van der Waals surface area contributed by atoms with Crippen LogP contribution in [0.2, 0.25) is 0 Å². The lowest BCUT2D eigenvalue weighted by Gasteiger charge is -2.07. The first-order valence-electron chi connectivity index (χ1n) is 5.82. The predicted octanol–water partition coefficient (Wildman–Crippen LogP) is 4.27. The Balaban J connectivity index is 2.15. The molecule has 1 nitrogen and oxygen atoms in total. The molecule has 0 aromatic heterocycles. The number of Topliss-reactive ketones (excluding diaryl/α,β-unsaturated/α-hetero) is 1. The summed E-state index contributed by atoms with van der Waals surface area (Å²) in [4.78, 5) is 11.9. The molecule has 0 bridgehead atoms. The normalized spacial score (nSPS) is 11.4. The molecule has 0 saturated carbocycles. The molecule has 0 N–H and O–H groups in total. The Labute approximate surface area is 112 Å². The lowest BCUT2D eigenvalue weighted by atomic mass is 10.0. The Morgan fingerprint density at radius 1 is 0.950 bits per heavy atom. The highest BCUT2D eigenvalue weighted by atomic mass is 19.4. The fourth-order valence-corrected chi connectivity index (χ4v) is 1.78. The minimum Gasteiger partial charge on any atom is -0.294 e. The van der Waals surface area contributed by atoms with Crippen molar-refractivity contribution in [2.45, 2.75) is 12.6 Å². The highest BCUT2D eigenvalue weighted by Crippen LogP contribution is 2.29. The first-order valence-corrected chi connectivity index (χ1v) is 5.82. The van der Waals surface area contributed by atoms with Crippen molar-refractivity contribution >= 4 is 5.78 Å². The number of ketones is 1. The second kappa shape index (κ2) is 5.45. The summed E-state index contributed by atoms with van der Waals surface area (Å²) in [5.41, 5.74) is -0.432. The van der Waals surface area contributed by atoms with Crippen molar-refractivity contribution in [3.8, 4) is 0 Å². The van der Waals surface area contributed by atoms with Crippen LogP contribution in [0.15, 0.2) is 48.5 Å². The molecule has 0 spiro atoms. The lowest BCUT2D eigenvalue weighted by Crippen LogP contribution is -2.07. The zero-order valence-corrected chi connectivity index (χ0v) is 10.2. The lowest BCUT2D eigenvalue weighted by molar-refractivity contribution is -0.137. The van der Waals surface area contributed by atoms with Crippen LogP contribution >= 0.6 is 0 Å². The molecule has 0 amide bonds. The van der Waals surface area contributed by atoms with E-state index in [1.54, 1.807) is 0 Å². The first kappa shape index (κ1) is 14.2. The maximum absolute atomic E-state index is 13.4. The molecule has 0 heterocycles. The molecular formula is C15H10F4O. The molecule has 0 aliphatic carbocycles. The molecular weight excluding hydrogens is 272 g/mol. The van der Waals surface area contributed by atoms with Gasteiger partial charge in [0.2, 0.25) is 0 Å². The van der Waals surface area contributed by atoms with E-state index in [0.717, 1.165) is 12.1 Å². The van der Waals surface area contributed by atoms with Crippen LogP contribution in [0.1, 0.15) is 21.5 Å². The second-order valence-electron chi connectivity index (χ2n) is 4.27. The van der Waals surface area contributed by atoms with E-state index in [0.29, 0.717) is 5.56 Å². The van der Waals surface area contributed by atoms with Crippen LogP contribution in [0.25, 0.3) is 0 Å². The number of hydrogen-bond donors (Lipinski definition) is 0. The molecule has 2 rings (SSSR count). The van der Waals surface area contributed by atoms with Gasteiger partial charge in [0.05, 0.1) is 11.1 Å². The highest BCUT2D eigenvalue weighted by molar-refractivity contribution is 5.97. The van der Waals surface area contributed by atoms with Gasteiger partial charge in [-0.1, -0.05) is 24.3 Å². The van der Waals surface area contributed by atoms with Gasteiger partial charge in [0, 0.05) is 6.42 Å². The summed E-state index contributed by atoms with van der Waals surface area (Å²) < 4.78 is 50.5. The van der Waals surface area contributed by atoms with E-state index in [4.69, 9.17) is 0 Å². The number of rotatable bonds is 3. The SMILES string of the molecule is O=C(Cc1ccc(C(F)(F)F)cc1)c1ccccc1F. The average Bonchev–Trinajstić information content (AvgIpc) is 2.38. The number of hydrogen-bond acceptors (Lipinski definition) is 1. The second-order valence-corrected chi connectivity index (χ2v) is 4.27. The van der Waals surface area contributed by atoms with Crippen molar-refractivity contribution in [1.82, 2.24) is 0 Å².